The molecule has 1 unspecified atom stereocenters. The van der Waals surface area contributed by atoms with Gasteiger partial charge in [0.25, 0.3) is 0 Å². The van der Waals surface area contributed by atoms with Gasteiger partial charge in [-0.15, -0.1) is 0 Å². The van der Waals surface area contributed by atoms with Crippen molar-refractivity contribution in [3.05, 3.63) is 23.0 Å². The molecule has 1 N–H and O–H groups in total. The number of hydrogen-bond acceptors (Lipinski definition) is 5. The molecule has 110 valence electrons. The summed E-state index contributed by atoms with van der Waals surface area (Å²) in [7, 11) is 1.92. The maximum atomic E-state index is 9.24. The standard InChI is InChI=1S/C15H20N6/c1-4-10(2)20-6-5-12-13(9-17-3)19-14-11(7-16)8-18-21(14)15(12)20/h8,10,17H,4-6,9H2,1-3H3. The molecule has 2 aromatic heterocycles. The minimum atomic E-state index is 0.453. The maximum absolute atomic E-state index is 9.24. The van der Waals surface area contributed by atoms with Gasteiger partial charge in [-0.25, -0.2) is 4.98 Å². The lowest BCUT2D eigenvalue weighted by Crippen LogP contribution is -2.32. The lowest BCUT2D eigenvalue weighted by molar-refractivity contribution is 0.623. The number of hydrogen-bond donors (Lipinski definition) is 1. The normalized spacial score (nSPS) is 15.2. The summed E-state index contributed by atoms with van der Waals surface area (Å²) in [6.45, 7) is 6.12. The summed E-state index contributed by atoms with van der Waals surface area (Å²) < 4.78 is 1.84. The van der Waals surface area contributed by atoms with Crippen molar-refractivity contribution >= 4 is 11.5 Å². The monoisotopic (exact) mass is 284 g/mol. The van der Waals surface area contributed by atoms with Crippen molar-refractivity contribution in [3.8, 4) is 6.07 Å². The summed E-state index contributed by atoms with van der Waals surface area (Å²) in [6, 6.07) is 2.64. The van der Waals surface area contributed by atoms with Crippen LogP contribution in [0.2, 0.25) is 0 Å². The van der Waals surface area contributed by atoms with Gasteiger partial charge >= 0.3 is 0 Å². The summed E-state index contributed by atoms with van der Waals surface area (Å²) in [5.74, 6) is 1.11. The molecule has 1 aliphatic heterocycles. The third-order valence-electron chi connectivity index (χ3n) is 4.27. The average molecular weight is 284 g/mol. The largest absolute Gasteiger partial charge is 0.353 e. The molecule has 0 fully saturated rings. The number of anilines is 1. The van der Waals surface area contributed by atoms with Gasteiger partial charge in [0, 0.05) is 24.7 Å². The molecule has 0 saturated carbocycles. The first-order valence-electron chi connectivity index (χ1n) is 7.42. The summed E-state index contributed by atoms with van der Waals surface area (Å²) in [4.78, 5) is 7.06. The molecule has 0 radical (unpaired) electrons. The first kappa shape index (κ1) is 13.8. The van der Waals surface area contributed by atoms with Crippen LogP contribution in [0.25, 0.3) is 5.65 Å². The van der Waals surface area contributed by atoms with Crippen LogP contribution < -0.4 is 10.2 Å². The summed E-state index contributed by atoms with van der Waals surface area (Å²) >= 11 is 0. The molecule has 21 heavy (non-hydrogen) atoms. The molecule has 0 saturated heterocycles. The van der Waals surface area contributed by atoms with E-state index in [4.69, 9.17) is 0 Å². The van der Waals surface area contributed by atoms with Gasteiger partial charge in [0.1, 0.15) is 17.5 Å². The molecule has 2 aromatic rings. The van der Waals surface area contributed by atoms with E-state index in [-0.39, 0.29) is 0 Å². The number of aromatic nitrogens is 3. The molecule has 0 amide bonds. The third kappa shape index (κ3) is 2.05. The second kappa shape index (κ2) is 5.34. The second-order valence-electron chi connectivity index (χ2n) is 5.50. The van der Waals surface area contributed by atoms with E-state index in [2.05, 4.69) is 40.2 Å². The Bertz CT molecular complexity index is 711. The van der Waals surface area contributed by atoms with Crippen LogP contribution in [0.1, 0.15) is 37.1 Å². The highest BCUT2D eigenvalue weighted by Crippen LogP contribution is 2.33. The highest BCUT2D eigenvalue weighted by molar-refractivity contribution is 5.65. The Morgan fingerprint density at radius 3 is 3.00 bits per heavy atom. The van der Waals surface area contributed by atoms with Crippen molar-refractivity contribution in [1.82, 2.24) is 19.9 Å². The van der Waals surface area contributed by atoms with Crippen LogP contribution in [0, 0.1) is 11.3 Å². The molecule has 3 rings (SSSR count). The van der Waals surface area contributed by atoms with Crippen LogP contribution in [0.3, 0.4) is 0 Å². The Hall–Kier alpha value is -2.13. The minimum Gasteiger partial charge on any atom is -0.353 e. The zero-order valence-electron chi connectivity index (χ0n) is 12.7. The molecule has 6 nitrogen and oxygen atoms in total. The number of fused-ring (bicyclic) bond motifs is 3. The lowest BCUT2D eigenvalue weighted by atomic mass is 10.1. The van der Waals surface area contributed by atoms with E-state index < -0.39 is 0 Å². The number of rotatable bonds is 4. The Kier molecular flexibility index (Phi) is 3.52. The Labute approximate surface area is 124 Å². The van der Waals surface area contributed by atoms with Crippen LogP contribution in [-0.4, -0.2) is 34.2 Å². The summed E-state index contributed by atoms with van der Waals surface area (Å²) in [5.41, 5.74) is 3.48. The Balaban J connectivity index is 2.26. The van der Waals surface area contributed by atoms with Gasteiger partial charge in [0.2, 0.25) is 0 Å². The molecular weight excluding hydrogens is 264 g/mol. The van der Waals surface area contributed by atoms with Crippen LogP contribution >= 0.6 is 0 Å². The van der Waals surface area contributed by atoms with Crippen molar-refractivity contribution in [2.75, 3.05) is 18.5 Å². The van der Waals surface area contributed by atoms with Crippen molar-refractivity contribution in [3.63, 3.8) is 0 Å². The fourth-order valence-corrected chi connectivity index (χ4v) is 2.99. The topological polar surface area (TPSA) is 69.2 Å². The predicted octanol–water partition coefficient (Wildman–Crippen LogP) is 1.48. The molecule has 0 bridgehead atoms. The van der Waals surface area contributed by atoms with Gasteiger partial charge in [-0.05, 0) is 26.8 Å². The van der Waals surface area contributed by atoms with Gasteiger partial charge in [-0.2, -0.15) is 14.9 Å². The number of nitrogens with one attached hydrogen (secondary N) is 1. The molecule has 0 spiro atoms. The highest BCUT2D eigenvalue weighted by Gasteiger charge is 2.29. The van der Waals surface area contributed by atoms with Crippen molar-refractivity contribution < 1.29 is 0 Å². The van der Waals surface area contributed by atoms with E-state index in [0.29, 0.717) is 23.8 Å². The van der Waals surface area contributed by atoms with Crippen LogP contribution in [0.4, 0.5) is 5.82 Å². The fraction of sp³-hybridized carbons (Fsp3) is 0.533. The quantitative estimate of drug-likeness (QED) is 0.921. The Morgan fingerprint density at radius 1 is 1.52 bits per heavy atom. The summed E-state index contributed by atoms with van der Waals surface area (Å²) in [6.07, 6.45) is 3.68. The molecule has 6 heteroatoms. The molecule has 0 aromatic carbocycles. The zero-order chi connectivity index (χ0) is 15.0. The van der Waals surface area contributed by atoms with Gasteiger partial charge in [-0.1, -0.05) is 6.92 Å². The van der Waals surface area contributed by atoms with Gasteiger partial charge in [0.05, 0.1) is 11.9 Å². The maximum Gasteiger partial charge on any atom is 0.175 e. The Morgan fingerprint density at radius 2 is 2.33 bits per heavy atom. The number of nitriles is 1. The second-order valence-corrected chi connectivity index (χ2v) is 5.50. The van der Waals surface area contributed by atoms with E-state index in [1.807, 2.05) is 11.6 Å². The SMILES string of the molecule is CCC(C)N1CCc2c(CNC)nc3c(C#N)cnn3c21. The third-order valence-corrected chi connectivity index (χ3v) is 4.27. The van der Waals surface area contributed by atoms with Crippen LogP contribution in [0.15, 0.2) is 6.20 Å². The van der Waals surface area contributed by atoms with Gasteiger partial charge in [-0.3, -0.25) is 0 Å². The van der Waals surface area contributed by atoms with Crippen molar-refractivity contribution in [2.45, 2.75) is 39.3 Å². The number of nitrogens with zero attached hydrogens (tertiary/aromatic N) is 5. The van der Waals surface area contributed by atoms with Crippen molar-refractivity contribution in [1.29, 1.82) is 5.26 Å². The van der Waals surface area contributed by atoms with Crippen LogP contribution in [0.5, 0.6) is 0 Å². The van der Waals surface area contributed by atoms with E-state index in [9.17, 15) is 5.26 Å². The lowest BCUT2D eigenvalue weighted by Gasteiger charge is -2.26. The van der Waals surface area contributed by atoms with Gasteiger partial charge in [0.15, 0.2) is 5.65 Å². The molecule has 0 aliphatic carbocycles. The fourth-order valence-electron chi connectivity index (χ4n) is 2.99. The van der Waals surface area contributed by atoms with Crippen LogP contribution in [-0.2, 0) is 13.0 Å². The zero-order valence-corrected chi connectivity index (χ0v) is 12.7. The molecule has 1 aliphatic rings. The molecule has 3 heterocycles. The predicted molar refractivity (Wildman–Crippen MR) is 81.3 cm³/mol. The average Bonchev–Trinajstić information content (AvgIpc) is 3.10. The molecular formula is C15H20N6. The minimum absolute atomic E-state index is 0.453. The van der Waals surface area contributed by atoms with E-state index >= 15 is 0 Å². The van der Waals surface area contributed by atoms with Crippen molar-refractivity contribution in [2.24, 2.45) is 0 Å². The van der Waals surface area contributed by atoms with E-state index in [1.165, 1.54) is 5.56 Å². The first-order valence-corrected chi connectivity index (χ1v) is 7.42. The smallest absolute Gasteiger partial charge is 0.175 e. The molecule has 1 atom stereocenters. The summed E-state index contributed by atoms with van der Waals surface area (Å²) in [5, 5.41) is 16.8. The van der Waals surface area contributed by atoms with E-state index in [1.54, 1.807) is 6.20 Å². The van der Waals surface area contributed by atoms with Gasteiger partial charge < -0.3 is 10.2 Å². The highest BCUT2D eigenvalue weighted by atomic mass is 15.4. The van der Waals surface area contributed by atoms with E-state index in [0.717, 1.165) is 30.9 Å². The first-order chi connectivity index (χ1) is 10.2.